The molecule has 0 amide bonds. The second kappa shape index (κ2) is 5.97. The number of allylic oxidation sites excluding steroid dienone is 1. The normalized spacial score (nSPS) is 22.1. The Morgan fingerprint density at radius 1 is 1.24 bits per heavy atom. The zero-order valence-electron chi connectivity index (χ0n) is 10.7. The molecule has 0 radical (unpaired) electrons. The lowest BCUT2D eigenvalue weighted by atomic mass is 9.92. The van der Waals surface area contributed by atoms with Gasteiger partial charge in [-0.1, -0.05) is 30.6 Å². The molecule has 0 fully saturated rings. The first-order valence-electron chi connectivity index (χ1n) is 6.65. The van der Waals surface area contributed by atoms with Crippen LogP contribution in [-0.2, 0) is 0 Å². The second-order valence-corrected chi connectivity index (χ2v) is 4.92. The first kappa shape index (κ1) is 12.3. The van der Waals surface area contributed by atoms with Gasteiger partial charge in [-0.15, -0.1) is 0 Å². The van der Waals surface area contributed by atoms with Crippen LogP contribution in [-0.4, -0.2) is 4.98 Å². The highest BCUT2D eigenvalue weighted by Gasteiger charge is 2.15. The topological polar surface area (TPSA) is 38.9 Å². The van der Waals surface area contributed by atoms with Gasteiger partial charge in [-0.2, -0.15) is 0 Å². The van der Waals surface area contributed by atoms with Gasteiger partial charge >= 0.3 is 0 Å². The van der Waals surface area contributed by atoms with Crippen molar-refractivity contribution < 1.29 is 0 Å². The highest BCUT2D eigenvalue weighted by atomic mass is 14.8. The maximum Gasteiger partial charge on any atom is 0.0688 e. The van der Waals surface area contributed by atoms with E-state index in [1.54, 1.807) is 0 Å². The summed E-state index contributed by atoms with van der Waals surface area (Å²) in [5.41, 5.74) is 9.98. The lowest BCUT2D eigenvalue weighted by Crippen LogP contribution is -2.16. The summed E-state index contributed by atoms with van der Waals surface area (Å²) in [6.07, 6.45) is 11.8. The molecule has 1 aliphatic carbocycles. The van der Waals surface area contributed by atoms with Gasteiger partial charge in [0.15, 0.2) is 0 Å². The predicted octanol–water partition coefficient (Wildman–Crippen LogP) is 3.67. The van der Waals surface area contributed by atoms with Crippen LogP contribution in [0.2, 0.25) is 0 Å². The Balaban J connectivity index is 2.18. The van der Waals surface area contributed by atoms with E-state index in [9.17, 15) is 0 Å². The van der Waals surface area contributed by atoms with E-state index in [0.29, 0.717) is 0 Å². The SMILES string of the molecule is Cc1cccnc1C(N)/C1=C/CCCCCC1. The van der Waals surface area contributed by atoms with Crippen molar-refractivity contribution in [2.24, 2.45) is 5.73 Å². The Labute approximate surface area is 104 Å². The highest BCUT2D eigenvalue weighted by Crippen LogP contribution is 2.27. The number of hydrogen-bond donors (Lipinski definition) is 1. The third kappa shape index (κ3) is 3.16. The Kier molecular flexibility index (Phi) is 4.32. The van der Waals surface area contributed by atoms with Gasteiger partial charge in [0.25, 0.3) is 0 Å². The van der Waals surface area contributed by atoms with E-state index in [0.717, 1.165) is 12.1 Å². The van der Waals surface area contributed by atoms with Gasteiger partial charge in [-0.3, -0.25) is 4.98 Å². The number of aromatic nitrogens is 1. The van der Waals surface area contributed by atoms with Gasteiger partial charge in [0.1, 0.15) is 0 Å². The van der Waals surface area contributed by atoms with Crippen LogP contribution in [0.5, 0.6) is 0 Å². The van der Waals surface area contributed by atoms with Crippen LogP contribution in [0.1, 0.15) is 55.8 Å². The number of hydrogen-bond acceptors (Lipinski definition) is 2. The van der Waals surface area contributed by atoms with Gasteiger partial charge in [0.2, 0.25) is 0 Å². The Hall–Kier alpha value is -1.15. The average Bonchev–Trinajstić information content (AvgIpc) is 2.28. The third-order valence-corrected chi connectivity index (χ3v) is 3.57. The molecule has 0 saturated heterocycles. The van der Waals surface area contributed by atoms with Crippen molar-refractivity contribution in [3.8, 4) is 0 Å². The molecule has 2 heteroatoms. The molecule has 92 valence electrons. The molecule has 0 aromatic carbocycles. The van der Waals surface area contributed by atoms with E-state index in [2.05, 4.69) is 24.1 Å². The lowest BCUT2D eigenvalue weighted by molar-refractivity contribution is 0.598. The fourth-order valence-electron chi connectivity index (χ4n) is 2.50. The molecule has 1 unspecified atom stereocenters. The number of aryl methyl sites for hydroxylation is 1. The molecule has 2 N–H and O–H groups in total. The van der Waals surface area contributed by atoms with E-state index in [4.69, 9.17) is 5.73 Å². The highest BCUT2D eigenvalue weighted by molar-refractivity contribution is 5.28. The molecule has 1 aromatic rings. The molecule has 1 atom stereocenters. The smallest absolute Gasteiger partial charge is 0.0688 e. The van der Waals surface area contributed by atoms with Crippen molar-refractivity contribution in [1.29, 1.82) is 0 Å². The fourth-order valence-corrected chi connectivity index (χ4v) is 2.50. The summed E-state index contributed by atoms with van der Waals surface area (Å²) in [5.74, 6) is 0. The van der Waals surface area contributed by atoms with Gasteiger partial charge in [0, 0.05) is 6.20 Å². The molecule has 1 aliphatic rings. The van der Waals surface area contributed by atoms with Gasteiger partial charge in [0.05, 0.1) is 11.7 Å². The summed E-state index contributed by atoms with van der Waals surface area (Å²) < 4.78 is 0. The zero-order valence-corrected chi connectivity index (χ0v) is 10.7. The lowest BCUT2D eigenvalue weighted by Gasteiger charge is -2.19. The Morgan fingerprint density at radius 3 is 2.88 bits per heavy atom. The molecule has 0 spiro atoms. The molecule has 1 heterocycles. The molecule has 0 saturated carbocycles. The first-order valence-corrected chi connectivity index (χ1v) is 6.65. The monoisotopic (exact) mass is 230 g/mol. The molecule has 17 heavy (non-hydrogen) atoms. The molecule has 2 nitrogen and oxygen atoms in total. The van der Waals surface area contributed by atoms with Crippen molar-refractivity contribution in [2.75, 3.05) is 0 Å². The van der Waals surface area contributed by atoms with Crippen LogP contribution in [0.25, 0.3) is 0 Å². The van der Waals surface area contributed by atoms with Crippen LogP contribution in [0, 0.1) is 6.92 Å². The minimum atomic E-state index is -0.00528. The van der Waals surface area contributed by atoms with Crippen molar-refractivity contribution >= 4 is 0 Å². The van der Waals surface area contributed by atoms with Crippen molar-refractivity contribution in [3.63, 3.8) is 0 Å². The molecular formula is C15H22N2. The van der Waals surface area contributed by atoms with E-state index < -0.39 is 0 Å². The van der Waals surface area contributed by atoms with Crippen LogP contribution >= 0.6 is 0 Å². The van der Waals surface area contributed by atoms with Crippen LogP contribution in [0.15, 0.2) is 30.0 Å². The number of pyridine rings is 1. The van der Waals surface area contributed by atoms with Gasteiger partial charge < -0.3 is 5.73 Å². The zero-order chi connectivity index (χ0) is 12.1. The van der Waals surface area contributed by atoms with Crippen molar-refractivity contribution in [1.82, 2.24) is 4.98 Å². The minimum Gasteiger partial charge on any atom is -0.319 e. The quantitative estimate of drug-likeness (QED) is 0.787. The summed E-state index contributed by atoms with van der Waals surface area (Å²) in [6, 6.07) is 4.05. The van der Waals surface area contributed by atoms with Gasteiger partial charge in [-0.25, -0.2) is 0 Å². The number of nitrogens with two attached hydrogens (primary N) is 1. The fraction of sp³-hybridized carbons (Fsp3) is 0.533. The number of rotatable bonds is 2. The van der Waals surface area contributed by atoms with Gasteiger partial charge in [-0.05, 0) is 44.2 Å². The molecule has 2 rings (SSSR count). The van der Waals surface area contributed by atoms with Crippen LogP contribution in [0.3, 0.4) is 0 Å². The average molecular weight is 230 g/mol. The summed E-state index contributed by atoms with van der Waals surface area (Å²) in [6.45, 7) is 2.09. The molecule has 0 aliphatic heterocycles. The summed E-state index contributed by atoms with van der Waals surface area (Å²) in [4.78, 5) is 4.44. The predicted molar refractivity (Wildman–Crippen MR) is 71.7 cm³/mol. The largest absolute Gasteiger partial charge is 0.319 e. The maximum absolute atomic E-state index is 6.36. The van der Waals surface area contributed by atoms with Crippen LogP contribution < -0.4 is 5.73 Å². The van der Waals surface area contributed by atoms with E-state index in [-0.39, 0.29) is 6.04 Å². The molecule has 0 bridgehead atoms. The van der Waals surface area contributed by atoms with E-state index in [1.807, 2.05) is 12.3 Å². The van der Waals surface area contributed by atoms with E-state index in [1.165, 1.54) is 43.2 Å². The maximum atomic E-state index is 6.36. The minimum absolute atomic E-state index is 0.00528. The van der Waals surface area contributed by atoms with Crippen molar-refractivity contribution in [2.45, 2.75) is 51.5 Å². The number of nitrogens with zero attached hydrogens (tertiary/aromatic N) is 1. The molecule has 1 aromatic heterocycles. The third-order valence-electron chi connectivity index (χ3n) is 3.57. The first-order chi connectivity index (χ1) is 8.29. The standard InChI is InChI=1S/C15H22N2/c1-12-8-7-11-17-15(12)14(16)13-9-5-3-2-4-6-10-13/h7-9,11,14H,2-6,10,16H2,1H3/b13-9+. The summed E-state index contributed by atoms with van der Waals surface area (Å²) in [5, 5.41) is 0. The molecular weight excluding hydrogens is 208 g/mol. The Morgan fingerprint density at radius 2 is 2.06 bits per heavy atom. The van der Waals surface area contributed by atoms with E-state index >= 15 is 0 Å². The van der Waals surface area contributed by atoms with Crippen LogP contribution in [0.4, 0.5) is 0 Å². The Bertz CT molecular complexity index is 396. The summed E-state index contributed by atoms with van der Waals surface area (Å²) >= 11 is 0. The summed E-state index contributed by atoms with van der Waals surface area (Å²) in [7, 11) is 0. The second-order valence-electron chi connectivity index (χ2n) is 4.92. The van der Waals surface area contributed by atoms with Crippen molar-refractivity contribution in [3.05, 3.63) is 41.2 Å².